The summed E-state index contributed by atoms with van der Waals surface area (Å²) in [6.07, 6.45) is 2.10. The maximum Gasteiger partial charge on any atom is 0.242 e. The Balaban J connectivity index is 1.45. The molecular weight excluding hydrogens is 372 g/mol. The standard InChI is InChI=1S/C17H23BrN4O2/c1-17-8-12(19-13(17)9-17)16(23)21-15-11(2-3-14(18)20-15)10-22-4-6-24-7-5-22/h2-3,12-13,19H,4-10H2,1H3,(H,20,21,23)/t12-,13+,17-/m0/s1. The lowest BCUT2D eigenvalue weighted by Crippen LogP contribution is -2.39. The summed E-state index contributed by atoms with van der Waals surface area (Å²) in [6, 6.07) is 4.36. The molecule has 0 aromatic carbocycles. The molecule has 0 spiro atoms. The van der Waals surface area contributed by atoms with Crippen LogP contribution in [0.5, 0.6) is 0 Å². The van der Waals surface area contributed by atoms with E-state index in [4.69, 9.17) is 4.74 Å². The fourth-order valence-corrected chi connectivity index (χ4v) is 4.04. The Morgan fingerprint density at radius 3 is 2.96 bits per heavy atom. The third-order valence-electron chi connectivity index (χ3n) is 5.42. The van der Waals surface area contributed by atoms with E-state index in [1.165, 1.54) is 6.42 Å². The zero-order valence-electron chi connectivity index (χ0n) is 13.8. The zero-order chi connectivity index (χ0) is 16.7. The fourth-order valence-electron chi connectivity index (χ4n) is 3.73. The van der Waals surface area contributed by atoms with Crippen molar-refractivity contribution >= 4 is 27.7 Å². The van der Waals surface area contributed by atoms with Gasteiger partial charge >= 0.3 is 0 Å². The second-order valence-electron chi connectivity index (χ2n) is 7.35. The molecule has 0 bridgehead atoms. The van der Waals surface area contributed by atoms with E-state index in [1.807, 2.05) is 12.1 Å². The molecule has 6 nitrogen and oxygen atoms in total. The molecule has 130 valence electrons. The van der Waals surface area contributed by atoms with E-state index < -0.39 is 0 Å². The molecule has 24 heavy (non-hydrogen) atoms. The first-order valence-electron chi connectivity index (χ1n) is 8.56. The second kappa shape index (κ2) is 6.37. The SMILES string of the molecule is C[C@@]12C[C@@H](C(=O)Nc3nc(Br)ccc3CN3CCOCC3)N[C@@H]1C2. The Labute approximate surface area is 150 Å². The van der Waals surface area contributed by atoms with Crippen molar-refractivity contribution in [3.63, 3.8) is 0 Å². The molecule has 2 saturated heterocycles. The second-order valence-corrected chi connectivity index (χ2v) is 8.17. The van der Waals surface area contributed by atoms with Crippen LogP contribution in [0.1, 0.15) is 25.3 Å². The Morgan fingerprint density at radius 2 is 2.25 bits per heavy atom. The van der Waals surface area contributed by atoms with E-state index in [0.717, 1.165) is 49.4 Å². The molecule has 1 saturated carbocycles. The zero-order valence-corrected chi connectivity index (χ0v) is 15.4. The van der Waals surface area contributed by atoms with Crippen molar-refractivity contribution in [1.82, 2.24) is 15.2 Å². The van der Waals surface area contributed by atoms with Gasteiger partial charge in [0.05, 0.1) is 19.3 Å². The van der Waals surface area contributed by atoms with Crippen molar-refractivity contribution in [3.8, 4) is 0 Å². The van der Waals surface area contributed by atoms with Crippen LogP contribution in [0.25, 0.3) is 0 Å². The lowest BCUT2D eigenvalue weighted by molar-refractivity contribution is -0.118. The van der Waals surface area contributed by atoms with Gasteiger partial charge in [0.2, 0.25) is 5.91 Å². The maximum atomic E-state index is 12.6. The molecule has 0 unspecified atom stereocenters. The summed E-state index contributed by atoms with van der Waals surface area (Å²) in [5.41, 5.74) is 1.37. The van der Waals surface area contributed by atoms with Crippen LogP contribution >= 0.6 is 15.9 Å². The molecule has 1 aromatic rings. The lowest BCUT2D eigenvalue weighted by Gasteiger charge is -2.27. The number of nitrogens with zero attached hydrogens (tertiary/aromatic N) is 2. The van der Waals surface area contributed by atoms with Crippen LogP contribution in [0.4, 0.5) is 5.82 Å². The molecule has 2 N–H and O–H groups in total. The smallest absolute Gasteiger partial charge is 0.242 e. The van der Waals surface area contributed by atoms with Crippen LogP contribution < -0.4 is 10.6 Å². The summed E-state index contributed by atoms with van der Waals surface area (Å²) in [7, 11) is 0. The fraction of sp³-hybridized carbons (Fsp3) is 0.647. The molecule has 3 atom stereocenters. The first-order valence-corrected chi connectivity index (χ1v) is 9.35. The summed E-state index contributed by atoms with van der Waals surface area (Å²) in [4.78, 5) is 19.4. The van der Waals surface area contributed by atoms with Gasteiger partial charge in [-0.15, -0.1) is 0 Å². The van der Waals surface area contributed by atoms with Gasteiger partial charge in [-0.25, -0.2) is 4.98 Å². The van der Waals surface area contributed by atoms with Crippen LogP contribution in [-0.4, -0.2) is 54.2 Å². The van der Waals surface area contributed by atoms with Crippen LogP contribution in [0, 0.1) is 5.41 Å². The van der Waals surface area contributed by atoms with Gasteiger partial charge in [0.1, 0.15) is 10.4 Å². The van der Waals surface area contributed by atoms with Gasteiger partial charge in [0.25, 0.3) is 0 Å². The topological polar surface area (TPSA) is 66.5 Å². The Hall–Kier alpha value is -1.02. The summed E-state index contributed by atoms with van der Waals surface area (Å²) in [6.45, 7) is 6.37. The minimum absolute atomic E-state index is 0.0252. The lowest BCUT2D eigenvalue weighted by atomic mass is 10.0. The average molecular weight is 395 g/mol. The quantitative estimate of drug-likeness (QED) is 0.761. The predicted octanol–water partition coefficient (Wildman–Crippen LogP) is 1.76. The molecule has 2 aliphatic heterocycles. The Kier molecular flexibility index (Phi) is 4.36. The number of pyridine rings is 1. The summed E-state index contributed by atoms with van der Waals surface area (Å²) >= 11 is 3.41. The number of fused-ring (bicyclic) bond motifs is 1. The minimum atomic E-state index is -0.106. The predicted molar refractivity (Wildman–Crippen MR) is 94.7 cm³/mol. The highest BCUT2D eigenvalue weighted by molar-refractivity contribution is 9.10. The maximum absolute atomic E-state index is 12.6. The van der Waals surface area contributed by atoms with Crippen LogP contribution in [-0.2, 0) is 16.1 Å². The number of anilines is 1. The van der Waals surface area contributed by atoms with Crippen molar-refractivity contribution < 1.29 is 9.53 Å². The van der Waals surface area contributed by atoms with E-state index in [2.05, 4.69) is 43.4 Å². The van der Waals surface area contributed by atoms with E-state index in [9.17, 15) is 4.79 Å². The third-order valence-corrected chi connectivity index (χ3v) is 5.87. The average Bonchev–Trinajstić information content (AvgIpc) is 3.08. The molecule has 1 aliphatic carbocycles. The number of rotatable bonds is 4. The molecule has 1 aromatic heterocycles. The normalized spacial score (nSPS) is 32.4. The monoisotopic (exact) mass is 394 g/mol. The van der Waals surface area contributed by atoms with E-state index in [1.54, 1.807) is 0 Å². The number of morpholine rings is 1. The Morgan fingerprint density at radius 1 is 1.46 bits per heavy atom. The van der Waals surface area contributed by atoms with Crippen molar-refractivity contribution in [2.45, 2.75) is 38.4 Å². The largest absolute Gasteiger partial charge is 0.379 e. The summed E-state index contributed by atoms with van der Waals surface area (Å²) in [5.74, 6) is 0.686. The number of nitrogens with one attached hydrogen (secondary N) is 2. The molecule has 3 aliphatic rings. The Bertz CT molecular complexity index is 649. The van der Waals surface area contributed by atoms with Gasteiger partial charge in [0, 0.05) is 31.2 Å². The van der Waals surface area contributed by atoms with E-state index >= 15 is 0 Å². The number of amides is 1. The number of carbonyl (C=O) groups is 1. The number of hydrogen-bond acceptors (Lipinski definition) is 5. The highest BCUT2D eigenvalue weighted by Crippen LogP contribution is 2.53. The molecule has 7 heteroatoms. The van der Waals surface area contributed by atoms with Crippen molar-refractivity contribution in [2.75, 3.05) is 31.6 Å². The molecular formula is C17H23BrN4O2. The number of ether oxygens (including phenoxy) is 1. The molecule has 3 heterocycles. The highest BCUT2D eigenvalue weighted by Gasteiger charge is 2.58. The number of hydrogen-bond donors (Lipinski definition) is 2. The van der Waals surface area contributed by atoms with Gasteiger partial charge in [-0.1, -0.05) is 13.0 Å². The summed E-state index contributed by atoms with van der Waals surface area (Å²) < 4.78 is 6.13. The van der Waals surface area contributed by atoms with E-state index in [-0.39, 0.29) is 11.9 Å². The minimum Gasteiger partial charge on any atom is -0.379 e. The van der Waals surface area contributed by atoms with E-state index in [0.29, 0.717) is 17.3 Å². The van der Waals surface area contributed by atoms with Gasteiger partial charge in [-0.2, -0.15) is 0 Å². The van der Waals surface area contributed by atoms with Gasteiger partial charge in [-0.05, 0) is 40.3 Å². The number of halogens is 1. The van der Waals surface area contributed by atoms with Gasteiger partial charge < -0.3 is 15.4 Å². The van der Waals surface area contributed by atoms with Crippen molar-refractivity contribution in [1.29, 1.82) is 0 Å². The molecule has 1 amide bonds. The molecule has 3 fully saturated rings. The number of carbonyl (C=O) groups excluding carboxylic acids is 1. The van der Waals surface area contributed by atoms with Gasteiger partial charge in [0.15, 0.2) is 0 Å². The van der Waals surface area contributed by atoms with Crippen molar-refractivity contribution in [2.24, 2.45) is 5.41 Å². The van der Waals surface area contributed by atoms with Crippen molar-refractivity contribution in [3.05, 3.63) is 22.3 Å². The molecule has 4 rings (SSSR count). The van der Waals surface area contributed by atoms with Gasteiger partial charge in [-0.3, -0.25) is 9.69 Å². The first kappa shape index (κ1) is 16.4. The van der Waals surface area contributed by atoms with Crippen LogP contribution in [0.15, 0.2) is 16.7 Å². The third kappa shape index (κ3) is 3.35. The summed E-state index contributed by atoms with van der Waals surface area (Å²) in [5, 5.41) is 6.47. The van der Waals surface area contributed by atoms with Crippen LogP contribution in [0.3, 0.4) is 0 Å². The number of piperidine rings is 1. The first-order chi connectivity index (χ1) is 11.5. The number of aromatic nitrogens is 1. The highest BCUT2D eigenvalue weighted by atomic mass is 79.9. The molecule has 0 radical (unpaired) electrons. The van der Waals surface area contributed by atoms with Crippen LogP contribution in [0.2, 0.25) is 0 Å².